The van der Waals surface area contributed by atoms with Crippen LogP contribution in [0.4, 0.5) is 0 Å². The fraction of sp³-hybridized carbons (Fsp3) is 0.594. The molecule has 2 aromatic heterocycles. The van der Waals surface area contributed by atoms with E-state index in [4.69, 9.17) is 9.72 Å². The number of hydrogen-bond acceptors (Lipinski definition) is 5. The van der Waals surface area contributed by atoms with Gasteiger partial charge in [0, 0.05) is 42.0 Å². The predicted octanol–water partition coefficient (Wildman–Crippen LogP) is 6.38. The van der Waals surface area contributed by atoms with Gasteiger partial charge in [-0.3, -0.25) is 9.69 Å². The molecule has 2 aliphatic carbocycles. The zero-order chi connectivity index (χ0) is 25.6. The SMILES string of the molecule is COc1cc(-c2nc3ccccc3n(C3C[C@H]4CCC[C@@H](C3)N4C3C[C@H]4CCCC[C@@H](C3)C4)c2=O)ccn1. The predicted molar refractivity (Wildman–Crippen MR) is 150 cm³/mol. The molecule has 0 radical (unpaired) electrons. The molecule has 6 atom stereocenters. The van der Waals surface area contributed by atoms with E-state index in [1.54, 1.807) is 13.3 Å². The number of ether oxygens (including phenoxy) is 1. The molecule has 1 aromatic carbocycles. The minimum atomic E-state index is 0.0113. The molecule has 6 heteroatoms. The highest BCUT2D eigenvalue weighted by Crippen LogP contribution is 2.47. The Balaban J connectivity index is 1.25. The maximum absolute atomic E-state index is 14.2. The van der Waals surface area contributed by atoms with Crippen molar-refractivity contribution in [2.75, 3.05) is 7.11 Å². The molecule has 4 aliphatic rings. The van der Waals surface area contributed by atoms with Crippen LogP contribution in [0.2, 0.25) is 0 Å². The second-order valence-electron chi connectivity index (χ2n) is 12.4. The van der Waals surface area contributed by atoms with E-state index in [2.05, 4.69) is 20.5 Å². The van der Waals surface area contributed by atoms with Gasteiger partial charge in [0.25, 0.3) is 5.56 Å². The van der Waals surface area contributed by atoms with E-state index in [1.807, 2.05) is 30.3 Å². The van der Waals surface area contributed by atoms with Crippen LogP contribution in [0.5, 0.6) is 5.88 Å². The summed E-state index contributed by atoms with van der Waals surface area (Å²) in [5.74, 6) is 2.37. The maximum Gasteiger partial charge on any atom is 0.277 e. The molecule has 200 valence electrons. The monoisotopic (exact) mass is 512 g/mol. The van der Waals surface area contributed by atoms with Crippen LogP contribution in [0.1, 0.15) is 83.1 Å². The van der Waals surface area contributed by atoms with Gasteiger partial charge >= 0.3 is 0 Å². The number of piperidine rings is 2. The third-order valence-electron chi connectivity index (χ3n) is 10.2. The van der Waals surface area contributed by atoms with Gasteiger partial charge in [-0.2, -0.15) is 0 Å². The highest BCUT2D eigenvalue weighted by Gasteiger charge is 2.45. The lowest BCUT2D eigenvalue weighted by Crippen LogP contribution is -2.58. The Labute approximate surface area is 225 Å². The van der Waals surface area contributed by atoms with Gasteiger partial charge in [-0.15, -0.1) is 0 Å². The second-order valence-corrected chi connectivity index (χ2v) is 12.4. The van der Waals surface area contributed by atoms with Crippen molar-refractivity contribution in [2.45, 2.75) is 101 Å². The Hall–Kier alpha value is -2.73. The van der Waals surface area contributed by atoms with Gasteiger partial charge < -0.3 is 9.30 Å². The Kier molecular flexibility index (Phi) is 6.47. The van der Waals surface area contributed by atoms with Gasteiger partial charge in [0.1, 0.15) is 5.69 Å². The average Bonchev–Trinajstić information content (AvgIpc) is 3.11. The van der Waals surface area contributed by atoms with Crippen molar-refractivity contribution in [1.29, 1.82) is 0 Å². The summed E-state index contributed by atoms with van der Waals surface area (Å²) < 4.78 is 7.46. The summed E-state index contributed by atoms with van der Waals surface area (Å²) in [6, 6.07) is 14.0. The standard InChI is InChI=1S/C32H40N4O2/c1-38-30-18-23(13-14-33-30)31-32(37)36(29-12-5-4-11-28(29)34-31)27-19-24-9-6-10-25(20-27)35(24)26-16-21-7-2-3-8-22(15-21)17-26/h4-5,11-14,18,21-22,24-27H,2-3,6-10,15-17,19-20H2,1H3/t21-,22+,24-,25+,26?,27?. The number of para-hydroxylation sites is 2. The molecule has 7 rings (SSSR count). The van der Waals surface area contributed by atoms with Gasteiger partial charge in [-0.1, -0.05) is 44.2 Å². The molecule has 0 spiro atoms. The summed E-state index contributed by atoms with van der Waals surface area (Å²) in [5, 5.41) is 0. The Morgan fingerprint density at radius 1 is 0.816 bits per heavy atom. The van der Waals surface area contributed by atoms with Gasteiger partial charge in [0.15, 0.2) is 0 Å². The zero-order valence-electron chi connectivity index (χ0n) is 22.6. The molecule has 0 N–H and O–H groups in total. The minimum Gasteiger partial charge on any atom is -0.481 e. The molecule has 4 bridgehead atoms. The second kappa shape index (κ2) is 10.1. The van der Waals surface area contributed by atoms with E-state index in [-0.39, 0.29) is 11.6 Å². The van der Waals surface area contributed by atoms with E-state index in [0.29, 0.717) is 23.7 Å². The number of benzene rings is 1. The first kappa shape index (κ1) is 24.3. The van der Waals surface area contributed by atoms with Crippen LogP contribution < -0.4 is 10.3 Å². The van der Waals surface area contributed by atoms with Crippen LogP contribution >= 0.6 is 0 Å². The summed E-state index contributed by atoms with van der Waals surface area (Å²) in [7, 11) is 1.60. The Morgan fingerprint density at radius 3 is 2.29 bits per heavy atom. The Morgan fingerprint density at radius 2 is 1.55 bits per heavy atom. The first-order valence-electron chi connectivity index (χ1n) is 15.0. The highest BCUT2D eigenvalue weighted by atomic mass is 16.5. The van der Waals surface area contributed by atoms with Gasteiger partial charge in [-0.05, 0) is 75.0 Å². The number of fused-ring (bicyclic) bond motifs is 5. The van der Waals surface area contributed by atoms with Gasteiger partial charge in [0.05, 0.1) is 18.1 Å². The van der Waals surface area contributed by atoms with Crippen molar-refractivity contribution in [3.8, 4) is 17.1 Å². The quantitative estimate of drug-likeness (QED) is 0.406. The number of nitrogens with zero attached hydrogens (tertiary/aromatic N) is 4. The molecule has 0 amide bonds. The lowest BCUT2D eigenvalue weighted by molar-refractivity contribution is -0.0420. The third-order valence-corrected chi connectivity index (χ3v) is 10.2. The highest BCUT2D eigenvalue weighted by molar-refractivity contribution is 5.78. The summed E-state index contributed by atoms with van der Waals surface area (Å²) in [5.41, 5.74) is 3.11. The normalized spacial score (nSPS) is 31.6. The number of rotatable bonds is 4. The smallest absolute Gasteiger partial charge is 0.277 e. The van der Waals surface area contributed by atoms with Crippen LogP contribution in [0.25, 0.3) is 22.3 Å². The van der Waals surface area contributed by atoms with Gasteiger partial charge in [0.2, 0.25) is 5.88 Å². The molecular weight excluding hydrogens is 472 g/mol. The van der Waals surface area contributed by atoms with Crippen molar-refractivity contribution >= 4 is 11.0 Å². The lowest BCUT2D eigenvalue weighted by atomic mass is 9.73. The number of aromatic nitrogens is 3. The van der Waals surface area contributed by atoms with E-state index in [0.717, 1.165) is 47.3 Å². The molecule has 2 saturated carbocycles. The van der Waals surface area contributed by atoms with Crippen LogP contribution in [0.3, 0.4) is 0 Å². The first-order valence-corrected chi connectivity index (χ1v) is 15.0. The summed E-state index contributed by atoms with van der Waals surface area (Å²) >= 11 is 0. The first-order chi connectivity index (χ1) is 18.7. The molecule has 2 aliphatic heterocycles. The summed E-state index contributed by atoms with van der Waals surface area (Å²) in [6.07, 6.45) is 17.7. The molecule has 2 unspecified atom stereocenters. The van der Waals surface area contributed by atoms with Crippen LogP contribution in [0.15, 0.2) is 47.4 Å². The van der Waals surface area contributed by atoms with Crippen molar-refractivity contribution in [3.05, 3.63) is 52.9 Å². The molecule has 6 nitrogen and oxygen atoms in total. The maximum atomic E-state index is 14.2. The van der Waals surface area contributed by atoms with Crippen molar-refractivity contribution in [1.82, 2.24) is 19.4 Å². The Bertz CT molecular complexity index is 1340. The molecule has 3 aromatic rings. The number of pyridine rings is 1. The number of methoxy groups -OCH3 is 1. The molecule has 4 heterocycles. The fourth-order valence-electron chi connectivity index (χ4n) is 8.68. The zero-order valence-corrected chi connectivity index (χ0v) is 22.6. The summed E-state index contributed by atoms with van der Waals surface area (Å²) in [6.45, 7) is 0. The largest absolute Gasteiger partial charge is 0.481 e. The third kappa shape index (κ3) is 4.35. The van der Waals surface area contributed by atoms with E-state index < -0.39 is 0 Å². The average molecular weight is 513 g/mol. The van der Waals surface area contributed by atoms with Crippen LogP contribution in [-0.2, 0) is 0 Å². The fourth-order valence-corrected chi connectivity index (χ4v) is 8.68. The van der Waals surface area contributed by atoms with Crippen molar-refractivity contribution in [3.63, 3.8) is 0 Å². The van der Waals surface area contributed by atoms with E-state index in [9.17, 15) is 4.79 Å². The van der Waals surface area contributed by atoms with E-state index in [1.165, 1.54) is 64.2 Å². The van der Waals surface area contributed by atoms with Crippen LogP contribution in [-0.4, -0.2) is 44.7 Å². The van der Waals surface area contributed by atoms with Crippen LogP contribution in [0, 0.1) is 11.8 Å². The minimum absolute atomic E-state index is 0.0113. The summed E-state index contributed by atoms with van der Waals surface area (Å²) in [4.78, 5) is 26.3. The van der Waals surface area contributed by atoms with E-state index >= 15 is 0 Å². The molecule has 4 fully saturated rings. The molecule has 2 saturated heterocycles. The lowest BCUT2D eigenvalue weighted by Gasteiger charge is -2.54. The number of hydrogen-bond donors (Lipinski definition) is 0. The molecular formula is C32H40N4O2. The van der Waals surface area contributed by atoms with Crippen molar-refractivity contribution in [2.24, 2.45) is 11.8 Å². The van der Waals surface area contributed by atoms with Crippen molar-refractivity contribution < 1.29 is 4.74 Å². The van der Waals surface area contributed by atoms with Gasteiger partial charge in [-0.25, -0.2) is 9.97 Å². The molecule has 38 heavy (non-hydrogen) atoms. The topological polar surface area (TPSA) is 60.2 Å².